The topological polar surface area (TPSA) is 68.3 Å². The molecule has 0 bridgehead atoms. The van der Waals surface area contributed by atoms with Gasteiger partial charge in [-0.15, -0.1) is 0 Å². The van der Waals surface area contributed by atoms with E-state index in [-0.39, 0.29) is 6.61 Å². The highest BCUT2D eigenvalue weighted by atomic mass is 32.1. The van der Waals surface area contributed by atoms with E-state index < -0.39 is 11.9 Å². The summed E-state index contributed by atoms with van der Waals surface area (Å²) in [5.74, 6) is -0.964. The van der Waals surface area contributed by atoms with E-state index in [1.54, 1.807) is 12.1 Å². The molecule has 5 nitrogen and oxygen atoms in total. The zero-order valence-electron chi connectivity index (χ0n) is 15.7. The Morgan fingerprint density at radius 3 is 2.28 bits per heavy atom. The van der Waals surface area contributed by atoms with Crippen LogP contribution in [0.5, 0.6) is 0 Å². The normalized spacial score (nSPS) is 10.7. The molecule has 4 rings (SSSR count). The maximum atomic E-state index is 12.2. The van der Waals surface area contributed by atoms with Crippen LogP contribution >= 0.6 is 11.3 Å². The van der Waals surface area contributed by atoms with Crippen molar-refractivity contribution in [3.63, 3.8) is 0 Å². The smallest absolute Gasteiger partial charge is 0.338 e. The van der Waals surface area contributed by atoms with E-state index in [9.17, 15) is 9.59 Å². The summed E-state index contributed by atoms with van der Waals surface area (Å²) >= 11 is 1.37. The van der Waals surface area contributed by atoms with E-state index in [1.165, 1.54) is 16.9 Å². The summed E-state index contributed by atoms with van der Waals surface area (Å²) < 4.78 is 6.10. The Morgan fingerprint density at radius 1 is 0.931 bits per heavy atom. The number of para-hydroxylation sites is 1. The molecule has 0 fully saturated rings. The standard InChI is InChI=1S/C23H18N2O3S/c1-15-6-8-16(9-7-15)17-10-12-18(13-11-17)22(27)28-14-21(26)25-23-24-19-4-2-3-5-20(19)29-23/h2-13H,14H2,1H3,(H,24,25,26). The number of carbonyl (C=O) groups excluding carboxylic acids is 2. The number of ether oxygens (including phenoxy) is 1. The molecule has 0 aliphatic heterocycles. The molecule has 29 heavy (non-hydrogen) atoms. The van der Waals surface area contributed by atoms with Crippen molar-refractivity contribution in [3.8, 4) is 11.1 Å². The lowest BCUT2D eigenvalue weighted by atomic mass is 10.0. The quantitative estimate of drug-likeness (QED) is 0.474. The van der Waals surface area contributed by atoms with Gasteiger partial charge in [0.25, 0.3) is 5.91 Å². The van der Waals surface area contributed by atoms with E-state index in [1.807, 2.05) is 67.6 Å². The molecule has 0 aliphatic carbocycles. The lowest BCUT2D eigenvalue weighted by molar-refractivity contribution is -0.119. The van der Waals surface area contributed by atoms with Gasteiger partial charge >= 0.3 is 5.97 Å². The first-order chi connectivity index (χ1) is 14.1. The third kappa shape index (κ3) is 4.50. The molecule has 1 amide bonds. The number of benzene rings is 3. The first-order valence-corrected chi connectivity index (χ1v) is 9.90. The Kier molecular flexibility index (Phi) is 5.35. The van der Waals surface area contributed by atoms with Crippen molar-refractivity contribution in [3.05, 3.63) is 83.9 Å². The van der Waals surface area contributed by atoms with Gasteiger partial charge in [0, 0.05) is 0 Å². The number of rotatable bonds is 5. The molecule has 1 aromatic heterocycles. The van der Waals surface area contributed by atoms with Gasteiger partial charge in [-0.2, -0.15) is 0 Å². The molecular formula is C23H18N2O3S. The van der Waals surface area contributed by atoms with Crippen LogP contribution in [0.1, 0.15) is 15.9 Å². The van der Waals surface area contributed by atoms with Gasteiger partial charge in [-0.05, 0) is 42.3 Å². The van der Waals surface area contributed by atoms with Crippen LogP contribution in [0.25, 0.3) is 21.3 Å². The van der Waals surface area contributed by atoms with Crippen LogP contribution in [0.3, 0.4) is 0 Å². The van der Waals surface area contributed by atoms with Gasteiger partial charge in [-0.1, -0.05) is 65.4 Å². The van der Waals surface area contributed by atoms with Crippen molar-refractivity contribution in [2.75, 3.05) is 11.9 Å². The number of anilines is 1. The number of esters is 1. The van der Waals surface area contributed by atoms with E-state index in [4.69, 9.17) is 4.74 Å². The highest BCUT2D eigenvalue weighted by Crippen LogP contribution is 2.25. The van der Waals surface area contributed by atoms with Gasteiger partial charge < -0.3 is 4.74 Å². The summed E-state index contributed by atoms with van der Waals surface area (Å²) in [6.07, 6.45) is 0. The minimum Gasteiger partial charge on any atom is -0.452 e. The molecule has 0 radical (unpaired) electrons. The van der Waals surface area contributed by atoms with Crippen LogP contribution in [-0.2, 0) is 9.53 Å². The lowest BCUT2D eigenvalue weighted by Crippen LogP contribution is -2.20. The minimum atomic E-state index is -0.542. The third-order valence-electron chi connectivity index (χ3n) is 4.38. The van der Waals surface area contributed by atoms with Gasteiger partial charge in [-0.3, -0.25) is 10.1 Å². The van der Waals surface area contributed by atoms with Gasteiger partial charge in [-0.25, -0.2) is 9.78 Å². The molecular weight excluding hydrogens is 384 g/mol. The number of aromatic nitrogens is 1. The average molecular weight is 402 g/mol. The Morgan fingerprint density at radius 2 is 1.59 bits per heavy atom. The van der Waals surface area contributed by atoms with Crippen LogP contribution in [0, 0.1) is 6.92 Å². The SMILES string of the molecule is Cc1ccc(-c2ccc(C(=O)OCC(=O)Nc3nc4ccccc4s3)cc2)cc1. The number of hydrogen-bond donors (Lipinski definition) is 1. The predicted molar refractivity (Wildman–Crippen MR) is 115 cm³/mol. The zero-order chi connectivity index (χ0) is 20.2. The molecule has 3 aromatic carbocycles. The molecule has 0 atom stereocenters. The molecule has 1 N–H and O–H groups in total. The summed E-state index contributed by atoms with van der Waals surface area (Å²) in [7, 11) is 0. The Bertz CT molecular complexity index is 1130. The number of nitrogens with zero attached hydrogens (tertiary/aromatic N) is 1. The summed E-state index contributed by atoms with van der Waals surface area (Å²) in [5, 5.41) is 3.15. The number of hydrogen-bond acceptors (Lipinski definition) is 5. The number of nitrogens with one attached hydrogen (secondary N) is 1. The summed E-state index contributed by atoms with van der Waals surface area (Å²) in [5.41, 5.74) is 4.49. The molecule has 4 aromatic rings. The summed E-state index contributed by atoms with van der Waals surface area (Å²) in [6, 6.07) is 22.9. The van der Waals surface area contributed by atoms with Crippen molar-refractivity contribution >= 4 is 38.6 Å². The van der Waals surface area contributed by atoms with Crippen molar-refractivity contribution < 1.29 is 14.3 Å². The third-order valence-corrected chi connectivity index (χ3v) is 5.33. The van der Waals surface area contributed by atoms with Crippen LogP contribution in [-0.4, -0.2) is 23.5 Å². The molecule has 0 saturated carbocycles. The van der Waals surface area contributed by atoms with Gasteiger partial charge in [0.2, 0.25) is 0 Å². The number of amides is 1. The van der Waals surface area contributed by atoms with E-state index >= 15 is 0 Å². The maximum absolute atomic E-state index is 12.2. The van der Waals surface area contributed by atoms with Gasteiger partial charge in [0.05, 0.1) is 15.8 Å². The molecule has 0 aliphatic rings. The molecule has 0 unspecified atom stereocenters. The summed E-state index contributed by atoms with van der Waals surface area (Å²) in [4.78, 5) is 28.6. The summed E-state index contributed by atoms with van der Waals surface area (Å²) in [6.45, 7) is 1.67. The van der Waals surface area contributed by atoms with Crippen molar-refractivity contribution in [2.45, 2.75) is 6.92 Å². The van der Waals surface area contributed by atoms with Crippen LogP contribution in [0.2, 0.25) is 0 Å². The molecule has 0 saturated heterocycles. The van der Waals surface area contributed by atoms with Crippen molar-refractivity contribution in [1.29, 1.82) is 0 Å². The molecule has 1 heterocycles. The average Bonchev–Trinajstić information content (AvgIpc) is 3.15. The Balaban J connectivity index is 1.34. The molecule has 0 spiro atoms. The first-order valence-electron chi connectivity index (χ1n) is 9.08. The highest BCUT2D eigenvalue weighted by Gasteiger charge is 2.12. The number of fused-ring (bicyclic) bond motifs is 1. The largest absolute Gasteiger partial charge is 0.452 e. The van der Waals surface area contributed by atoms with Crippen LogP contribution in [0.15, 0.2) is 72.8 Å². The molecule has 144 valence electrons. The fourth-order valence-corrected chi connectivity index (χ4v) is 3.72. The maximum Gasteiger partial charge on any atom is 0.338 e. The fraction of sp³-hybridized carbons (Fsp3) is 0.0870. The van der Waals surface area contributed by atoms with E-state index in [0.29, 0.717) is 10.7 Å². The van der Waals surface area contributed by atoms with Crippen molar-refractivity contribution in [2.24, 2.45) is 0 Å². The monoisotopic (exact) mass is 402 g/mol. The Hall–Kier alpha value is -3.51. The Labute approximate surface area is 172 Å². The molecule has 6 heteroatoms. The lowest BCUT2D eigenvalue weighted by Gasteiger charge is -2.06. The second-order valence-corrected chi connectivity index (χ2v) is 7.59. The second-order valence-electron chi connectivity index (χ2n) is 6.55. The first kappa shape index (κ1) is 18.8. The van der Waals surface area contributed by atoms with Gasteiger partial charge in [0.15, 0.2) is 11.7 Å². The van der Waals surface area contributed by atoms with Crippen molar-refractivity contribution in [1.82, 2.24) is 4.98 Å². The number of aryl methyl sites for hydroxylation is 1. The van der Waals surface area contributed by atoms with E-state index in [0.717, 1.165) is 21.3 Å². The van der Waals surface area contributed by atoms with Crippen LogP contribution in [0.4, 0.5) is 5.13 Å². The number of carbonyl (C=O) groups is 2. The number of thiazole rings is 1. The van der Waals surface area contributed by atoms with Crippen LogP contribution < -0.4 is 5.32 Å². The second kappa shape index (κ2) is 8.24. The highest BCUT2D eigenvalue weighted by molar-refractivity contribution is 7.22. The van der Waals surface area contributed by atoms with Gasteiger partial charge in [0.1, 0.15) is 0 Å². The zero-order valence-corrected chi connectivity index (χ0v) is 16.5. The predicted octanol–water partition coefficient (Wildman–Crippen LogP) is 5.07. The minimum absolute atomic E-state index is 0.367. The fourth-order valence-electron chi connectivity index (χ4n) is 2.84. The van der Waals surface area contributed by atoms with E-state index in [2.05, 4.69) is 10.3 Å².